The molecule has 2 aliphatic heterocycles. The molecule has 12 heteroatoms. The number of ether oxygens (including phenoxy) is 5. The maximum absolute atomic E-state index is 10.2. The highest BCUT2D eigenvalue weighted by Crippen LogP contribution is 2.28. The summed E-state index contributed by atoms with van der Waals surface area (Å²) in [6, 6.07) is 0. The van der Waals surface area contributed by atoms with E-state index in [4.69, 9.17) is 23.7 Å². The van der Waals surface area contributed by atoms with Crippen molar-refractivity contribution in [2.45, 2.75) is 107 Å². The summed E-state index contributed by atoms with van der Waals surface area (Å²) in [6.45, 7) is 1.82. The fourth-order valence-corrected chi connectivity index (χ4v) is 3.82. The second kappa shape index (κ2) is 14.8. The molecule has 0 aromatic carbocycles. The lowest BCUT2D eigenvalue weighted by Crippen LogP contribution is -2.64. The third-order valence-corrected chi connectivity index (χ3v) is 5.89. The Morgan fingerprint density at radius 2 is 1.39 bits per heavy atom. The zero-order chi connectivity index (χ0) is 24.4. The molecule has 12 nitrogen and oxygen atoms in total. The normalized spacial score (nSPS) is 39.6. The highest BCUT2D eigenvalue weighted by molar-refractivity contribution is 4.93. The van der Waals surface area contributed by atoms with Crippen LogP contribution in [0.4, 0.5) is 0 Å². The molecule has 2 fully saturated rings. The van der Waals surface area contributed by atoms with E-state index >= 15 is 0 Å². The lowest BCUT2D eigenvalue weighted by atomic mass is 9.97. The maximum Gasteiger partial charge on any atom is 0.187 e. The van der Waals surface area contributed by atoms with Gasteiger partial charge >= 0.3 is 0 Å². The minimum Gasteiger partial charge on any atom is -0.394 e. The molecule has 196 valence electrons. The first-order chi connectivity index (χ1) is 15.8. The molecule has 2 saturated heterocycles. The van der Waals surface area contributed by atoms with Gasteiger partial charge in [-0.25, -0.2) is 0 Å². The Labute approximate surface area is 193 Å². The van der Waals surface area contributed by atoms with E-state index in [2.05, 4.69) is 6.92 Å². The smallest absolute Gasteiger partial charge is 0.187 e. The van der Waals surface area contributed by atoms with Crippen LogP contribution in [0.1, 0.15) is 45.4 Å². The van der Waals surface area contributed by atoms with Crippen LogP contribution in [0, 0.1) is 0 Å². The fourth-order valence-electron chi connectivity index (χ4n) is 3.82. The van der Waals surface area contributed by atoms with Gasteiger partial charge in [-0.1, -0.05) is 39.0 Å². The Morgan fingerprint density at radius 3 is 2.09 bits per heavy atom. The summed E-state index contributed by atoms with van der Waals surface area (Å²) in [5.41, 5.74) is 0. The van der Waals surface area contributed by atoms with Crippen molar-refractivity contribution < 1.29 is 59.4 Å². The minimum atomic E-state index is -1.74. The SMILES string of the molecule is CCCCCCCCOCOC[C@H]1O[C@@H](O[C@H]2[C@H](O)[C@@H](O)[C@H](O)O[C@@H]2CO)[C@H](O)[C@@H](O)[C@H]1O. The first-order valence-electron chi connectivity index (χ1n) is 11.6. The number of aliphatic hydroxyl groups is 7. The summed E-state index contributed by atoms with van der Waals surface area (Å²) in [6.07, 6.45) is -8.43. The molecule has 0 unspecified atom stereocenters. The molecule has 0 aliphatic carbocycles. The van der Waals surface area contributed by atoms with Crippen LogP contribution in [-0.2, 0) is 23.7 Å². The number of rotatable bonds is 14. The van der Waals surface area contributed by atoms with E-state index in [1.54, 1.807) is 0 Å². The highest BCUT2D eigenvalue weighted by Gasteiger charge is 2.50. The molecule has 7 N–H and O–H groups in total. The molecule has 2 aliphatic rings. The molecule has 0 aromatic heterocycles. The van der Waals surface area contributed by atoms with Gasteiger partial charge in [-0.2, -0.15) is 0 Å². The van der Waals surface area contributed by atoms with Gasteiger partial charge in [0.15, 0.2) is 12.6 Å². The maximum atomic E-state index is 10.2. The molecule has 0 amide bonds. The monoisotopic (exact) mass is 484 g/mol. The summed E-state index contributed by atoms with van der Waals surface area (Å²) in [7, 11) is 0. The lowest BCUT2D eigenvalue weighted by Gasteiger charge is -2.45. The molecule has 0 saturated carbocycles. The molecular weight excluding hydrogens is 444 g/mol. The zero-order valence-corrected chi connectivity index (χ0v) is 19.0. The molecule has 2 rings (SSSR count). The summed E-state index contributed by atoms with van der Waals surface area (Å²) in [5.74, 6) is 0. The largest absolute Gasteiger partial charge is 0.394 e. The number of hydrogen-bond acceptors (Lipinski definition) is 12. The van der Waals surface area contributed by atoms with E-state index in [9.17, 15) is 35.7 Å². The summed E-state index contributed by atoms with van der Waals surface area (Å²) in [4.78, 5) is 0. The van der Waals surface area contributed by atoms with Crippen LogP contribution >= 0.6 is 0 Å². The van der Waals surface area contributed by atoms with Gasteiger partial charge in [0, 0.05) is 6.61 Å². The Balaban J connectivity index is 1.79. The average molecular weight is 485 g/mol. The standard InChI is InChI=1S/C21H40O12/c1-2-3-4-5-6-7-8-29-11-30-10-13-14(23)15(24)18(27)21(32-13)33-19-12(9-22)31-20(28)17(26)16(19)25/h12-28H,2-11H2,1H3/t12-,13-,14+,15+,16-,17-,18-,19-,20-,21+/m1/s1. The summed E-state index contributed by atoms with van der Waals surface area (Å²) >= 11 is 0. The first-order valence-corrected chi connectivity index (χ1v) is 11.6. The number of hydrogen-bond donors (Lipinski definition) is 7. The molecule has 2 heterocycles. The summed E-state index contributed by atoms with van der Waals surface area (Å²) in [5, 5.41) is 69.7. The van der Waals surface area contributed by atoms with Crippen molar-refractivity contribution in [2.75, 3.05) is 26.6 Å². The van der Waals surface area contributed by atoms with E-state index in [0.717, 1.165) is 19.3 Å². The molecule has 0 aromatic rings. The van der Waals surface area contributed by atoms with Crippen molar-refractivity contribution >= 4 is 0 Å². The molecule has 0 radical (unpaired) electrons. The molecule has 10 atom stereocenters. The first kappa shape index (κ1) is 28.8. The van der Waals surface area contributed by atoms with Crippen LogP contribution in [0.25, 0.3) is 0 Å². The van der Waals surface area contributed by atoms with Crippen LogP contribution in [0.2, 0.25) is 0 Å². The molecular formula is C21H40O12. The quantitative estimate of drug-likeness (QED) is 0.106. The number of aliphatic hydroxyl groups excluding tert-OH is 7. The van der Waals surface area contributed by atoms with Crippen molar-refractivity contribution in [3.8, 4) is 0 Å². The van der Waals surface area contributed by atoms with Gasteiger partial charge in [0.2, 0.25) is 0 Å². The van der Waals surface area contributed by atoms with E-state index in [1.165, 1.54) is 19.3 Å². The second-order valence-corrected chi connectivity index (χ2v) is 8.51. The van der Waals surface area contributed by atoms with E-state index in [-0.39, 0.29) is 13.4 Å². The van der Waals surface area contributed by atoms with Crippen LogP contribution < -0.4 is 0 Å². The van der Waals surface area contributed by atoms with E-state index < -0.39 is 68.0 Å². The molecule has 0 spiro atoms. The van der Waals surface area contributed by atoms with Crippen LogP contribution in [0.3, 0.4) is 0 Å². The average Bonchev–Trinajstić information content (AvgIpc) is 2.81. The molecule has 33 heavy (non-hydrogen) atoms. The van der Waals surface area contributed by atoms with Crippen molar-refractivity contribution in [3.63, 3.8) is 0 Å². The van der Waals surface area contributed by atoms with E-state index in [1.807, 2.05) is 0 Å². The zero-order valence-electron chi connectivity index (χ0n) is 19.0. The van der Waals surface area contributed by atoms with Crippen molar-refractivity contribution in [1.82, 2.24) is 0 Å². The van der Waals surface area contributed by atoms with Gasteiger partial charge in [-0.15, -0.1) is 0 Å². The summed E-state index contributed by atoms with van der Waals surface area (Å²) < 4.78 is 26.8. The van der Waals surface area contributed by atoms with Gasteiger partial charge in [0.05, 0.1) is 13.2 Å². The van der Waals surface area contributed by atoms with Crippen molar-refractivity contribution in [2.24, 2.45) is 0 Å². The predicted octanol–water partition coefficient (Wildman–Crippen LogP) is -2.04. The number of unbranched alkanes of at least 4 members (excludes halogenated alkanes) is 5. The Morgan fingerprint density at radius 1 is 0.697 bits per heavy atom. The lowest BCUT2D eigenvalue weighted by molar-refractivity contribution is -0.356. The van der Waals surface area contributed by atoms with Crippen molar-refractivity contribution in [3.05, 3.63) is 0 Å². The van der Waals surface area contributed by atoms with Gasteiger partial charge in [0.1, 0.15) is 55.6 Å². The second-order valence-electron chi connectivity index (χ2n) is 8.51. The fraction of sp³-hybridized carbons (Fsp3) is 1.00. The van der Waals surface area contributed by atoms with Crippen LogP contribution in [-0.4, -0.2) is 124 Å². The Bertz CT molecular complexity index is 523. The van der Waals surface area contributed by atoms with Gasteiger partial charge in [0.25, 0.3) is 0 Å². The van der Waals surface area contributed by atoms with Crippen molar-refractivity contribution in [1.29, 1.82) is 0 Å². The van der Waals surface area contributed by atoms with Crippen LogP contribution in [0.15, 0.2) is 0 Å². The van der Waals surface area contributed by atoms with E-state index in [0.29, 0.717) is 6.61 Å². The Hall–Kier alpha value is -0.480. The predicted molar refractivity (Wildman–Crippen MR) is 112 cm³/mol. The third-order valence-electron chi connectivity index (χ3n) is 5.89. The third kappa shape index (κ3) is 8.30. The van der Waals surface area contributed by atoms with Crippen LogP contribution in [0.5, 0.6) is 0 Å². The Kier molecular flexibility index (Phi) is 12.9. The van der Waals surface area contributed by atoms with Gasteiger partial charge in [-0.05, 0) is 6.42 Å². The molecule has 0 bridgehead atoms. The minimum absolute atomic E-state index is 0.0441. The highest BCUT2D eigenvalue weighted by atomic mass is 16.7. The topological polar surface area (TPSA) is 188 Å². The van der Waals surface area contributed by atoms with Gasteiger partial charge in [-0.3, -0.25) is 0 Å². The van der Waals surface area contributed by atoms with Gasteiger partial charge < -0.3 is 59.4 Å².